The van der Waals surface area contributed by atoms with Gasteiger partial charge in [0.15, 0.2) is 0 Å². The molecule has 2 aliphatic rings. The van der Waals surface area contributed by atoms with Gasteiger partial charge in [-0.25, -0.2) is 0 Å². The molecular formula is C23H23Cl2NO4. The fourth-order valence-electron chi connectivity index (χ4n) is 4.20. The van der Waals surface area contributed by atoms with Crippen LogP contribution in [0.5, 0.6) is 0 Å². The first-order valence-electron chi connectivity index (χ1n) is 9.99. The number of benzene rings is 2. The van der Waals surface area contributed by atoms with E-state index in [2.05, 4.69) is 0 Å². The Kier molecular flexibility index (Phi) is 5.80. The smallest absolute Gasteiger partial charge is 0.306 e. The van der Waals surface area contributed by atoms with Crippen LogP contribution in [0.25, 0.3) is 0 Å². The van der Waals surface area contributed by atoms with E-state index in [1.165, 1.54) is 0 Å². The quantitative estimate of drug-likeness (QED) is 0.671. The molecule has 0 spiro atoms. The van der Waals surface area contributed by atoms with Crippen LogP contribution in [0, 0.1) is 5.92 Å². The van der Waals surface area contributed by atoms with Crippen LogP contribution in [0.2, 0.25) is 10.0 Å². The molecule has 4 rings (SSSR count). The average Bonchev–Trinajstić information content (AvgIpc) is 3.52. The van der Waals surface area contributed by atoms with E-state index in [9.17, 15) is 14.7 Å². The van der Waals surface area contributed by atoms with Gasteiger partial charge < -0.3 is 14.7 Å². The van der Waals surface area contributed by atoms with Crippen LogP contribution in [0.1, 0.15) is 43.4 Å². The third-order valence-corrected chi connectivity index (χ3v) is 6.48. The number of carboxylic acid groups (broad SMARTS) is 1. The fraction of sp³-hybridized carbons (Fsp3) is 0.391. The summed E-state index contributed by atoms with van der Waals surface area (Å²) in [5.74, 6) is -0.941. The number of ether oxygens (including phenoxy) is 1. The summed E-state index contributed by atoms with van der Waals surface area (Å²) in [6, 6.07) is 14.7. The van der Waals surface area contributed by atoms with Crippen LogP contribution in [0.4, 0.5) is 0 Å². The number of morpholine rings is 1. The maximum Gasteiger partial charge on any atom is 0.306 e. The van der Waals surface area contributed by atoms with Crippen molar-refractivity contribution in [1.82, 2.24) is 4.90 Å². The first-order chi connectivity index (χ1) is 14.3. The zero-order chi connectivity index (χ0) is 21.5. The predicted molar refractivity (Wildman–Crippen MR) is 115 cm³/mol. The minimum atomic E-state index is -1.07. The van der Waals surface area contributed by atoms with E-state index in [0.29, 0.717) is 22.5 Å². The van der Waals surface area contributed by atoms with Gasteiger partial charge in [0.2, 0.25) is 0 Å². The van der Waals surface area contributed by atoms with Crippen molar-refractivity contribution < 1.29 is 19.4 Å². The highest BCUT2D eigenvalue weighted by molar-refractivity contribution is 6.30. The Balaban J connectivity index is 1.86. The third-order valence-electron chi connectivity index (χ3n) is 5.99. The van der Waals surface area contributed by atoms with Crippen LogP contribution < -0.4 is 0 Å². The number of carbonyl (C=O) groups is 2. The van der Waals surface area contributed by atoms with Crippen LogP contribution in [0.3, 0.4) is 0 Å². The van der Waals surface area contributed by atoms with Gasteiger partial charge in [-0.05, 0) is 61.1 Å². The second-order valence-corrected chi connectivity index (χ2v) is 9.08. The molecule has 0 radical (unpaired) electrons. The molecule has 7 heteroatoms. The van der Waals surface area contributed by atoms with Crippen molar-refractivity contribution in [2.24, 2.45) is 5.92 Å². The molecule has 2 fully saturated rings. The van der Waals surface area contributed by atoms with E-state index in [-0.39, 0.29) is 12.3 Å². The van der Waals surface area contributed by atoms with Gasteiger partial charge >= 0.3 is 5.97 Å². The summed E-state index contributed by atoms with van der Waals surface area (Å²) in [4.78, 5) is 26.7. The van der Waals surface area contributed by atoms with Gasteiger partial charge in [-0.1, -0.05) is 47.5 Å². The molecule has 1 N–H and O–H groups in total. The molecule has 1 aliphatic heterocycles. The molecule has 1 unspecified atom stereocenters. The number of rotatable bonds is 6. The van der Waals surface area contributed by atoms with Gasteiger partial charge in [0.25, 0.3) is 5.91 Å². The van der Waals surface area contributed by atoms with Crippen molar-refractivity contribution in [1.29, 1.82) is 0 Å². The second kappa shape index (κ2) is 8.22. The highest BCUT2D eigenvalue weighted by atomic mass is 35.5. The molecule has 158 valence electrons. The van der Waals surface area contributed by atoms with Crippen molar-refractivity contribution in [3.63, 3.8) is 0 Å². The molecule has 0 bridgehead atoms. The first-order valence-corrected chi connectivity index (χ1v) is 10.7. The van der Waals surface area contributed by atoms with Crippen LogP contribution >= 0.6 is 23.2 Å². The summed E-state index contributed by atoms with van der Waals surface area (Å²) >= 11 is 12.4. The Morgan fingerprint density at radius 3 is 2.47 bits per heavy atom. The standard InChI is InChI=1S/C23H23Cl2NO4/c1-23(16-7-9-17(24)10-8-16)21(15-3-2-4-18(25)11-15)30-19(12-20(27)28)22(29)26(23)13-14-5-6-14/h2-4,7-11,14,19,21H,5-6,12-13H2,1H3,(H,27,28)/t19-,21?,23+/m0/s1. The van der Waals surface area contributed by atoms with E-state index >= 15 is 0 Å². The highest BCUT2D eigenvalue weighted by Crippen LogP contribution is 2.49. The second-order valence-electron chi connectivity index (χ2n) is 8.20. The lowest BCUT2D eigenvalue weighted by Gasteiger charge is -2.52. The molecule has 1 heterocycles. The van der Waals surface area contributed by atoms with Crippen molar-refractivity contribution in [3.05, 3.63) is 69.7 Å². The van der Waals surface area contributed by atoms with Gasteiger partial charge in [-0.15, -0.1) is 0 Å². The monoisotopic (exact) mass is 447 g/mol. The molecule has 0 aromatic heterocycles. The fourth-order valence-corrected chi connectivity index (χ4v) is 4.52. The minimum Gasteiger partial charge on any atom is -0.481 e. The Morgan fingerprint density at radius 2 is 1.87 bits per heavy atom. The topological polar surface area (TPSA) is 66.8 Å². The Morgan fingerprint density at radius 1 is 1.17 bits per heavy atom. The highest BCUT2D eigenvalue weighted by Gasteiger charge is 2.53. The number of hydrogen-bond acceptors (Lipinski definition) is 3. The third kappa shape index (κ3) is 4.07. The minimum absolute atomic E-state index is 0.292. The molecule has 3 atom stereocenters. The van der Waals surface area contributed by atoms with Crippen LogP contribution in [-0.2, 0) is 19.9 Å². The zero-order valence-corrected chi connectivity index (χ0v) is 18.1. The predicted octanol–water partition coefficient (Wildman–Crippen LogP) is 5.06. The average molecular weight is 448 g/mol. The van der Waals surface area contributed by atoms with Gasteiger partial charge in [0, 0.05) is 16.6 Å². The Bertz CT molecular complexity index is 960. The molecule has 1 amide bonds. The number of hydrogen-bond donors (Lipinski definition) is 1. The molecule has 1 saturated heterocycles. The molecule has 30 heavy (non-hydrogen) atoms. The maximum absolute atomic E-state index is 13.4. The molecule has 2 aromatic carbocycles. The largest absolute Gasteiger partial charge is 0.481 e. The van der Waals surface area contributed by atoms with Gasteiger partial charge in [0.1, 0.15) is 12.2 Å². The molecule has 1 aliphatic carbocycles. The number of carboxylic acids is 1. The lowest BCUT2D eigenvalue weighted by atomic mass is 9.78. The maximum atomic E-state index is 13.4. The van der Waals surface area contributed by atoms with E-state index in [0.717, 1.165) is 24.0 Å². The summed E-state index contributed by atoms with van der Waals surface area (Å²) < 4.78 is 6.22. The molecule has 5 nitrogen and oxygen atoms in total. The SMILES string of the molecule is C[C@@]1(c2ccc(Cl)cc2)C(c2cccc(Cl)c2)O[C@@H](CC(=O)O)C(=O)N1CC1CC1. The van der Waals surface area contributed by atoms with Crippen molar-refractivity contribution in [2.45, 2.75) is 43.9 Å². The van der Waals surface area contributed by atoms with Gasteiger partial charge in [-0.3, -0.25) is 9.59 Å². The van der Waals surface area contributed by atoms with Crippen molar-refractivity contribution in [2.75, 3.05) is 6.54 Å². The number of halogens is 2. The number of amides is 1. The van der Waals surface area contributed by atoms with E-state index in [1.807, 2.05) is 42.2 Å². The first kappa shape index (κ1) is 21.2. The summed E-state index contributed by atoms with van der Waals surface area (Å²) in [6.07, 6.45) is 0.108. The lowest BCUT2D eigenvalue weighted by Crippen LogP contribution is -2.61. The molecule has 2 aromatic rings. The zero-order valence-electron chi connectivity index (χ0n) is 16.6. The van der Waals surface area contributed by atoms with E-state index < -0.39 is 23.7 Å². The summed E-state index contributed by atoms with van der Waals surface area (Å²) in [5, 5.41) is 10.5. The number of nitrogens with zero attached hydrogens (tertiary/aromatic N) is 1. The summed E-state index contributed by atoms with van der Waals surface area (Å²) in [6.45, 7) is 2.54. The van der Waals surface area contributed by atoms with E-state index in [4.69, 9.17) is 27.9 Å². The van der Waals surface area contributed by atoms with E-state index in [1.54, 1.807) is 18.2 Å². The van der Waals surface area contributed by atoms with Crippen LogP contribution in [0.15, 0.2) is 48.5 Å². The molecule has 1 saturated carbocycles. The summed E-state index contributed by atoms with van der Waals surface area (Å²) in [7, 11) is 0. The Labute approximate surface area is 185 Å². The van der Waals surface area contributed by atoms with Crippen molar-refractivity contribution in [3.8, 4) is 0 Å². The number of carbonyl (C=O) groups excluding carboxylic acids is 1. The molecular weight excluding hydrogens is 425 g/mol. The van der Waals surface area contributed by atoms with Crippen LogP contribution in [-0.4, -0.2) is 34.5 Å². The lowest BCUT2D eigenvalue weighted by molar-refractivity contribution is -0.195. The van der Waals surface area contributed by atoms with Gasteiger partial charge in [-0.2, -0.15) is 0 Å². The normalized spacial score (nSPS) is 26.6. The number of aliphatic carboxylic acids is 1. The Hall–Kier alpha value is -2.08. The van der Waals surface area contributed by atoms with Gasteiger partial charge in [0.05, 0.1) is 12.0 Å². The summed E-state index contributed by atoms with van der Waals surface area (Å²) in [5.41, 5.74) is 0.826. The van der Waals surface area contributed by atoms with Crippen molar-refractivity contribution >= 4 is 35.1 Å².